The topological polar surface area (TPSA) is 54.0 Å². The SMILES string of the molecule is COc1ccc(C(=O)NCCCN2CCN(c3ccc(Cl)cc3)CC2)cc1OC. The second-order valence-corrected chi connectivity index (χ2v) is 7.42. The highest BCUT2D eigenvalue weighted by Gasteiger charge is 2.17. The number of hydrogen-bond acceptors (Lipinski definition) is 5. The average Bonchev–Trinajstić information content (AvgIpc) is 2.77. The van der Waals surface area contributed by atoms with Gasteiger partial charge in [-0.05, 0) is 55.4 Å². The van der Waals surface area contributed by atoms with Crippen LogP contribution in [-0.4, -0.2) is 64.3 Å². The Morgan fingerprint density at radius 1 is 1.00 bits per heavy atom. The van der Waals surface area contributed by atoms with E-state index in [2.05, 4.69) is 27.2 Å². The number of anilines is 1. The maximum atomic E-state index is 12.4. The largest absolute Gasteiger partial charge is 0.493 e. The number of piperazine rings is 1. The molecule has 1 aliphatic rings. The zero-order valence-electron chi connectivity index (χ0n) is 17.0. The van der Waals surface area contributed by atoms with Crippen LogP contribution in [0.1, 0.15) is 16.8 Å². The molecule has 0 saturated carbocycles. The van der Waals surface area contributed by atoms with E-state index in [1.54, 1.807) is 32.4 Å². The van der Waals surface area contributed by atoms with Crippen molar-refractivity contribution in [1.82, 2.24) is 10.2 Å². The summed E-state index contributed by atoms with van der Waals surface area (Å²) in [6.07, 6.45) is 0.917. The summed E-state index contributed by atoms with van der Waals surface area (Å²) < 4.78 is 10.5. The molecule has 1 amide bonds. The molecule has 0 aliphatic carbocycles. The highest BCUT2D eigenvalue weighted by Crippen LogP contribution is 2.27. The van der Waals surface area contributed by atoms with Crippen molar-refractivity contribution in [3.8, 4) is 11.5 Å². The first-order valence-electron chi connectivity index (χ1n) is 9.84. The van der Waals surface area contributed by atoms with Gasteiger partial charge in [0, 0.05) is 49.0 Å². The lowest BCUT2D eigenvalue weighted by Gasteiger charge is -2.36. The van der Waals surface area contributed by atoms with Crippen molar-refractivity contribution in [1.29, 1.82) is 0 Å². The Balaban J connectivity index is 1.38. The molecule has 0 unspecified atom stereocenters. The molecule has 2 aromatic rings. The van der Waals surface area contributed by atoms with E-state index in [-0.39, 0.29) is 5.91 Å². The Morgan fingerprint density at radius 3 is 2.34 bits per heavy atom. The summed E-state index contributed by atoms with van der Waals surface area (Å²) in [5, 5.41) is 3.75. The van der Waals surface area contributed by atoms with Gasteiger partial charge in [0.05, 0.1) is 14.2 Å². The third-order valence-corrected chi connectivity index (χ3v) is 5.40. The van der Waals surface area contributed by atoms with E-state index in [9.17, 15) is 4.79 Å². The number of nitrogens with one attached hydrogen (secondary N) is 1. The Morgan fingerprint density at radius 2 is 1.69 bits per heavy atom. The number of halogens is 1. The summed E-state index contributed by atoms with van der Waals surface area (Å²) >= 11 is 5.97. The van der Waals surface area contributed by atoms with Gasteiger partial charge in [-0.15, -0.1) is 0 Å². The fraction of sp³-hybridized carbons (Fsp3) is 0.409. The minimum absolute atomic E-state index is 0.0986. The van der Waals surface area contributed by atoms with Crippen molar-refractivity contribution in [2.45, 2.75) is 6.42 Å². The van der Waals surface area contributed by atoms with Crippen LogP contribution >= 0.6 is 11.6 Å². The van der Waals surface area contributed by atoms with Crippen LogP contribution in [-0.2, 0) is 0 Å². The van der Waals surface area contributed by atoms with Crippen molar-refractivity contribution in [3.05, 3.63) is 53.1 Å². The van der Waals surface area contributed by atoms with Gasteiger partial charge in [-0.25, -0.2) is 0 Å². The van der Waals surface area contributed by atoms with Gasteiger partial charge in [-0.1, -0.05) is 11.6 Å². The highest BCUT2D eigenvalue weighted by atomic mass is 35.5. The standard InChI is InChI=1S/C22H28ClN3O3/c1-28-20-9-4-17(16-21(20)29-2)22(27)24-10-3-11-25-12-14-26(15-13-25)19-7-5-18(23)6-8-19/h4-9,16H,3,10-15H2,1-2H3,(H,24,27). The van der Waals surface area contributed by atoms with Crippen molar-refractivity contribution in [3.63, 3.8) is 0 Å². The fourth-order valence-corrected chi connectivity index (χ4v) is 3.59. The third-order valence-electron chi connectivity index (χ3n) is 5.15. The number of hydrogen-bond donors (Lipinski definition) is 1. The predicted molar refractivity (Wildman–Crippen MR) is 117 cm³/mol. The van der Waals surface area contributed by atoms with Crippen LogP contribution in [0.2, 0.25) is 5.02 Å². The van der Waals surface area contributed by atoms with E-state index >= 15 is 0 Å². The second kappa shape index (κ2) is 10.4. The molecule has 0 radical (unpaired) electrons. The Bertz CT molecular complexity index is 805. The lowest BCUT2D eigenvalue weighted by atomic mass is 10.2. The first-order chi connectivity index (χ1) is 14.1. The molecule has 1 saturated heterocycles. The van der Waals surface area contributed by atoms with E-state index in [0.717, 1.165) is 44.2 Å². The van der Waals surface area contributed by atoms with Gasteiger partial charge in [-0.3, -0.25) is 9.69 Å². The van der Waals surface area contributed by atoms with E-state index in [1.165, 1.54) is 5.69 Å². The van der Waals surface area contributed by atoms with Gasteiger partial charge < -0.3 is 19.7 Å². The van der Waals surface area contributed by atoms with Crippen LogP contribution < -0.4 is 19.7 Å². The average molecular weight is 418 g/mol. The number of carbonyl (C=O) groups is 1. The third kappa shape index (κ3) is 5.78. The van der Waals surface area contributed by atoms with E-state index in [1.807, 2.05) is 12.1 Å². The molecule has 156 valence electrons. The highest BCUT2D eigenvalue weighted by molar-refractivity contribution is 6.30. The molecular weight excluding hydrogens is 390 g/mol. The zero-order chi connectivity index (χ0) is 20.6. The Kier molecular flexibility index (Phi) is 7.61. The number of carbonyl (C=O) groups excluding carboxylic acids is 1. The monoisotopic (exact) mass is 417 g/mol. The summed E-state index contributed by atoms with van der Waals surface area (Å²) in [5.41, 5.74) is 1.79. The maximum absolute atomic E-state index is 12.4. The number of nitrogens with zero attached hydrogens (tertiary/aromatic N) is 2. The van der Waals surface area contributed by atoms with Crippen molar-refractivity contribution >= 4 is 23.2 Å². The zero-order valence-corrected chi connectivity index (χ0v) is 17.7. The van der Waals surface area contributed by atoms with Crippen LogP contribution in [0.25, 0.3) is 0 Å². The number of methoxy groups -OCH3 is 2. The molecule has 1 N–H and O–H groups in total. The van der Waals surface area contributed by atoms with Crippen LogP contribution in [0.15, 0.2) is 42.5 Å². The summed E-state index contributed by atoms with van der Waals surface area (Å²) in [5.74, 6) is 1.07. The molecule has 1 aliphatic heterocycles. The second-order valence-electron chi connectivity index (χ2n) is 6.98. The number of rotatable bonds is 8. The molecule has 0 bridgehead atoms. The van der Waals surface area contributed by atoms with Crippen molar-refractivity contribution < 1.29 is 14.3 Å². The van der Waals surface area contributed by atoms with Gasteiger partial charge >= 0.3 is 0 Å². The number of ether oxygens (including phenoxy) is 2. The molecule has 1 heterocycles. The van der Waals surface area contributed by atoms with E-state index in [4.69, 9.17) is 21.1 Å². The molecule has 0 aromatic heterocycles. The van der Waals surface area contributed by atoms with Crippen LogP contribution in [0, 0.1) is 0 Å². The van der Waals surface area contributed by atoms with E-state index in [0.29, 0.717) is 23.6 Å². The minimum atomic E-state index is -0.0986. The van der Waals surface area contributed by atoms with Gasteiger partial charge in [0.2, 0.25) is 0 Å². The molecule has 2 aromatic carbocycles. The first kappa shape index (κ1) is 21.3. The lowest BCUT2D eigenvalue weighted by Crippen LogP contribution is -2.47. The van der Waals surface area contributed by atoms with Crippen molar-refractivity contribution in [2.75, 3.05) is 58.4 Å². The van der Waals surface area contributed by atoms with Crippen molar-refractivity contribution in [2.24, 2.45) is 0 Å². The van der Waals surface area contributed by atoms with Crippen LogP contribution in [0.3, 0.4) is 0 Å². The Hall–Kier alpha value is -2.44. The molecule has 1 fully saturated rings. The van der Waals surface area contributed by atoms with Gasteiger partial charge in [0.1, 0.15) is 0 Å². The summed E-state index contributed by atoms with van der Waals surface area (Å²) in [6.45, 7) is 5.66. The van der Waals surface area contributed by atoms with Crippen LogP contribution in [0.5, 0.6) is 11.5 Å². The molecule has 0 spiro atoms. The number of benzene rings is 2. The Labute approximate surface area is 177 Å². The number of amides is 1. The quantitative estimate of drug-likeness (QED) is 0.668. The molecule has 0 atom stereocenters. The molecule has 6 nitrogen and oxygen atoms in total. The summed E-state index contributed by atoms with van der Waals surface area (Å²) in [6, 6.07) is 13.2. The molecule has 3 rings (SSSR count). The normalized spacial score (nSPS) is 14.5. The summed E-state index contributed by atoms with van der Waals surface area (Å²) in [7, 11) is 3.14. The first-order valence-corrected chi connectivity index (χ1v) is 10.2. The fourth-order valence-electron chi connectivity index (χ4n) is 3.47. The van der Waals surface area contributed by atoms with Crippen LogP contribution in [0.4, 0.5) is 5.69 Å². The molecular formula is C22H28ClN3O3. The van der Waals surface area contributed by atoms with Gasteiger partial charge in [-0.2, -0.15) is 0 Å². The summed E-state index contributed by atoms with van der Waals surface area (Å²) in [4.78, 5) is 17.2. The van der Waals surface area contributed by atoms with Gasteiger partial charge in [0.25, 0.3) is 5.91 Å². The molecule has 7 heteroatoms. The lowest BCUT2D eigenvalue weighted by molar-refractivity contribution is 0.0951. The maximum Gasteiger partial charge on any atom is 0.251 e. The van der Waals surface area contributed by atoms with Gasteiger partial charge in [0.15, 0.2) is 11.5 Å². The minimum Gasteiger partial charge on any atom is -0.493 e. The predicted octanol–water partition coefficient (Wildman–Crippen LogP) is 3.30. The molecule has 29 heavy (non-hydrogen) atoms. The smallest absolute Gasteiger partial charge is 0.251 e. The van der Waals surface area contributed by atoms with E-state index < -0.39 is 0 Å².